The summed E-state index contributed by atoms with van der Waals surface area (Å²) in [6.07, 6.45) is 3.85. The van der Waals surface area contributed by atoms with Crippen molar-refractivity contribution < 1.29 is 22.6 Å². The minimum Gasteiger partial charge on any atom is -0.289 e. The molecule has 2 aliphatic carbocycles. The first-order valence-corrected chi connectivity index (χ1v) is 7.86. The molecule has 0 amide bonds. The molecule has 0 aromatic heterocycles. The fourth-order valence-corrected chi connectivity index (χ4v) is 3.47. The molecule has 0 spiro atoms. The van der Waals surface area contributed by atoms with Crippen LogP contribution in [0.4, 0.5) is 0 Å². The average Bonchev–Trinajstić information content (AvgIpc) is 2.43. The van der Waals surface area contributed by atoms with Gasteiger partial charge in [0.2, 0.25) is 0 Å². The van der Waals surface area contributed by atoms with Crippen LogP contribution < -0.4 is 0 Å². The Balaban J connectivity index is 2.31. The Bertz CT molecular complexity index is 843. The van der Waals surface area contributed by atoms with Crippen molar-refractivity contribution in [2.45, 2.75) is 18.2 Å². The number of Topliss-reactive ketones (excluding diaryl/α,β-unsaturated/α-hetero) is 2. The molecule has 1 aromatic rings. The van der Waals surface area contributed by atoms with Crippen LogP contribution in [0.3, 0.4) is 0 Å². The van der Waals surface area contributed by atoms with E-state index in [1.807, 2.05) is 13.0 Å². The summed E-state index contributed by atoms with van der Waals surface area (Å²) < 4.78 is 32.2. The van der Waals surface area contributed by atoms with Crippen molar-refractivity contribution in [1.29, 1.82) is 0 Å². The fourth-order valence-electron chi connectivity index (χ4n) is 2.75. The van der Waals surface area contributed by atoms with Gasteiger partial charge in [0.05, 0.1) is 5.56 Å². The Hall–Kier alpha value is -2.05. The average molecular weight is 304 g/mol. The maximum absolute atomic E-state index is 12.6. The van der Waals surface area contributed by atoms with E-state index in [0.717, 1.165) is 6.07 Å². The van der Waals surface area contributed by atoms with Crippen molar-refractivity contribution >= 4 is 21.7 Å². The summed E-state index contributed by atoms with van der Waals surface area (Å²) in [5.41, 5.74) is 0.441. The zero-order valence-electron chi connectivity index (χ0n) is 11.2. The van der Waals surface area contributed by atoms with Crippen molar-refractivity contribution in [3.05, 3.63) is 52.6 Å². The molecular formula is C15H12O5S. The molecule has 3 rings (SSSR count). The predicted octanol–water partition coefficient (Wildman–Crippen LogP) is 2.20. The standard InChI is InChI=1S/C15H12O5S/c1-8-5-6-9-11(7-8)15(17)13-10(14(9)16)3-2-4-12(13)21(18,19)20/h2-6,8H,7H2,1H3,(H,18,19,20). The summed E-state index contributed by atoms with van der Waals surface area (Å²) >= 11 is 0. The van der Waals surface area contributed by atoms with E-state index in [9.17, 15) is 22.6 Å². The van der Waals surface area contributed by atoms with Crippen LogP contribution in [0.5, 0.6) is 0 Å². The Kier molecular flexibility index (Phi) is 2.96. The van der Waals surface area contributed by atoms with Crippen LogP contribution in [0.2, 0.25) is 0 Å². The van der Waals surface area contributed by atoms with Crippen molar-refractivity contribution in [2.24, 2.45) is 5.92 Å². The summed E-state index contributed by atoms with van der Waals surface area (Å²) in [5, 5.41) is 0. The van der Waals surface area contributed by atoms with Crippen molar-refractivity contribution in [3.63, 3.8) is 0 Å². The highest BCUT2D eigenvalue weighted by molar-refractivity contribution is 7.86. The monoisotopic (exact) mass is 304 g/mol. The third-order valence-corrected chi connectivity index (χ3v) is 4.63. The zero-order valence-corrected chi connectivity index (χ0v) is 12.0. The summed E-state index contributed by atoms with van der Waals surface area (Å²) in [7, 11) is -4.57. The highest BCUT2D eigenvalue weighted by atomic mass is 32.2. The van der Waals surface area contributed by atoms with Gasteiger partial charge in [0, 0.05) is 16.7 Å². The second kappa shape index (κ2) is 4.47. The number of hydrogen-bond acceptors (Lipinski definition) is 4. The maximum atomic E-state index is 12.6. The smallest absolute Gasteiger partial charge is 0.289 e. The minimum atomic E-state index is -4.57. The van der Waals surface area contributed by atoms with E-state index in [1.54, 1.807) is 6.08 Å². The van der Waals surface area contributed by atoms with Gasteiger partial charge < -0.3 is 0 Å². The molecule has 5 nitrogen and oxygen atoms in total. The largest absolute Gasteiger partial charge is 0.295 e. The second-order valence-electron chi connectivity index (χ2n) is 5.24. The first-order chi connectivity index (χ1) is 9.80. The molecule has 0 bridgehead atoms. The number of ketones is 2. The quantitative estimate of drug-likeness (QED) is 0.803. The van der Waals surface area contributed by atoms with Crippen LogP contribution in [-0.4, -0.2) is 24.5 Å². The van der Waals surface area contributed by atoms with Crippen LogP contribution in [-0.2, 0) is 10.1 Å². The molecule has 0 heterocycles. The molecule has 0 saturated carbocycles. The van der Waals surface area contributed by atoms with E-state index in [2.05, 4.69) is 0 Å². The lowest BCUT2D eigenvalue weighted by Gasteiger charge is -2.24. The molecule has 2 aliphatic rings. The van der Waals surface area contributed by atoms with Gasteiger partial charge in [-0.05, 0) is 18.4 Å². The predicted molar refractivity (Wildman–Crippen MR) is 74.9 cm³/mol. The Morgan fingerprint density at radius 2 is 1.90 bits per heavy atom. The molecule has 1 aromatic carbocycles. The summed E-state index contributed by atoms with van der Waals surface area (Å²) in [4.78, 5) is 24.5. The lowest BCUT2D eigenvalue weighted by atomic mass is 9.78. The molecule has 6 heteroatoms. The highest BCUT2D eigenvalue weighted by Crippen LogP contribution is 2.36. The Morgan fingerprint density at radius 1 is 1.19 bits per heavy atom. The topological polar surface area (TPSA) is 88.5 Å². The van der Waals surface area contributed by atoms with Crippen molar-refractivity contribution in [3.8, 4) is 0 Å². The third-order valence-electron chi connectivity index (χ3n) is 3.74. The summed E-state index contributed by atoms with van der Waals surface area (Å²) in [5.74, 6) is -0.780. The number of carbonyl (C=O) groups excluding carboxylic acids is 2. The van der Waals surface area contributed by atoms with Crippen LogP contribution >= 0.6 is 0 Å². The number of benzene rings is 1. The van der Waals surface area contributed by atoms with Gasteiger partial charge in [-0.25, -0.2) is 0 Å². The molecule has 108 valence electrons. The first-order valence-electron chi connectivity index (χ1n) is 6.42. The summed E-state index contributed by atoms with van der Waals surface area (Å²) in [6.45, 7) is 1.91. The van der Waals surface area contributed by atoms with E-state index in [-0.39, 0.29) is 22.8 Å². The molecule has 1 atom stereocenters. The summed E-state index contributed by atoms with van der Waals surface area (Å²) in [6, 6.07) is 3.88. The van der Waals surface area contributed by atoms with Gasteiger partial charge in [0.1, 0.15) is 4.90 Å². The molecular weight excluding hydrogens is 292 g/mol. The van der Waals surface area contributed by atoms with E-state index in [0.29, 0.717) is 17.6 Å². The number of allylic oxidation sites excluding steroid dienone is 4. The number of hydrogen-bond donors (Lipinski definition) is 1. The molecule has 0 radical (unpaired) electrons. The lowest BCUT2D eigenvalue weighted by Crippen LogP contribution is -2.26. The van der Waals surface area contributed by atoms with E-state index in [4.69, 9.17) is 0 Å². The molecule has 1 unspecified atom stereocenters. The van der Waals surface area contributed by atoms with Gasteiger partial charge in [-0.2, -0.15) is 8.42 Å². The molecule has 0 saturated heterocycles. The minimum absolute atomic E-state index is 0.0214. The van der Waals surface area contributed by atoms with Gasteiger partial charge in [0.15, 0.2) is 11.6 Å². The number of rotatable bonds is 1. The SMILES string of the molecule is CC1C=CC2=C(C1)C(=O)c1c(cccc1S(=O)(=O)O)C2=O. The molecule has 1 N–H and O–H groups in total. The third kappa shape index (κ3) is 2.07. The van der Waals surface area contributed by atoms with Gasteiger partial charge >= 0.3 is 0 Å². The Labute approximate surface area is 121 Å². The zero-order chi connectivity index (χ0) is 15.4. The van der Waals surface area contributed by atoms with E-state index >= 15 is 0 Å². The first kappa shape index (κ1) is 13.9. The second-order valence-corrected chi connectivity index (χ2v) is 6.63. The van der Waals surface area contributed by atoms with Gasteiger partial charge in [-0.3, -0.25) is 14.1 Å². The molecule has 0 fully saturated rings. The van der Waals surface area contributed by atoms with E-state index in [1.165, 1.54) is 12.1 Å². The van der Waals surface area contributed by atoms with Crippen LogP contribution in [0.1, 0.15) is 34.1 Å². The molecule has 21 heavy (non-hydrogen) atoms. The Morgan fingerprint density at radius 3 is 2.57 bits per heavy atom. The van der Waals surface area contributed by atoms with E-state index < -0.39 is 20.8 Å². The van der Waals surface area contributed by atoms with Gasteiger partial charge in [0.25, 0.3) is 10.1 Å². The van der Waals surface area contributed by atoms with Gasteiger partial charge in [-0.15, -0.1) is 0 Å². The number of fused-ring (bicyclic) bond motifs is 1. The van der Waals surface area contributed by atoms with Crippen LogP contribution in [0, 0.1) is 5.92 Å². The van der Waals surface area contributed by atoms with Crippen LogP contribution in [0.15, 0.2) is 46.4 Å². The van der Waals surface area contributed by atoms with Crippen molar-refractivity contribution in [1.82, 2.24) is 0 Å². The van der Waals surface area contributed by atoms with Gasteiger partial charge in [-0.1, -0.05) is 31.2 Å². The number of carbonyl (C=O) groups is 2. The van der Waals surface area contributed by atoms with Crippen LogP contribution in [0.25, 0.3) is 0 Å². The van der Waals surface area contributed by atoms with Crippen molar-refractivity contribution in [2.75, 3.05) is 0 Å². The normalized spacial score (nSPS) is 21.3. The fraction of sp³-hybridized carbons (Fsp3) is 0.200. The molecule has 0 aliphatic heterocycles. The highest BCUT2D eigenvalue weighted by Gasteiger charge is 2.36. The maximum Gasteiger partial charge on any atom is 0.295 e. The lowest BCUT2D eigenvalue weighted by molar-refractivity contribution is 0.0969.